The molecule has 1 atom stereocenters. The van der Waals surface area contributed by atoms with Crippen LogP contribution in [0.4, 0.5) is 18.9 Å². The standard InChI is InChI=1S/C19H19ClF3NO2/c1-4-16(26-17-8-5-11(2)9-12(17)3)18(25)24-13-6-7-15(20)14(10-13)19(21,22)23/h5-10,16H,4H2,1-3H3,(H,24,25)/t16-/m0/s1. The van der Waals surface area contributed by atoms with Crippen LogP contribution in [0.1, 0.15) is 30.0 Å². The van der Waals surface area contributed by atoms with Crippen molar-refractivity contribution in [1.29, 1.82) is 0 Å². The summed E-state index contributed by atoms with van der Waals surface area (Å²) in [5.41, 5.74) is 0.949. The molecule has 0 fully saturated rings. The van der Waals surface area contributed by atoms with E-state index in [-0.39, 0.29) is 5.69 Å². The first-order chi connectivity index (χ1) is 12.1. The molecule has 0 bridgehead atoms. The predicted octanol–water partition coefficient (Wildman–Crippen LogP) is 5.77. The van der Waals surface area contributed by atoms with Crippen LogP contribution >= 0.6 is 11.6 Å². The van der Waals surface area contributed by atoms with Crippen LogP contribution in [0.15, 0.2) is 36.4 Å². The Morgan fingerprint density at radius 1 is 1.19 bits per heavy atom. The van der Waals surface area contributed by atoms with Gasteiger partial charge in [-0.15, -0.1) is 0 Å². The minimum absolute atomic E-state index is 0.00871. The second-order valence-corrected chi connectivity index (χ2v) is 6.37. The van der Waals surface area contributed by atoms with Gasteiger partial charge in [0.15, 0.2) is 6.10 Å². The molecule has 0 radical (unpaired) electrons. The molecular weight excluding hydrogens is 367 g/mol. The number of carbonyl (C=O) groups is 1. The number of benzene rings is 2. The summed E-state index contributed by atoms with van der Waals surface area (Å²) in [5.74, 6) is 0.0348. The molecule has 2 aromatic rings. The highest BCUT2D eigenvalue weighted by molar-refractivity contribution is 6.31. The van der Waals surface area contributed by atoms with E-state index in [0.717, 1.165) is 23.3 Å². The molecule has 0 aromatic heterocycles. The molecule has 2 aromatic carbocycles. The largest absolute Gasteiger partial charge is 0.480 e. The fourth-order valence-corrected chi connectivity index (χ4v) is 2.67. The van der Waals surface area contributed by atoms with Gasteiger partial charge in [-0.2, -0.15) is 13.2 Å². The van der Waals surface area contributed by atoms with E-state index in [1.54, 1.807) is 13.0 Å². The Balaban J connectivity index is 2.17. The number of alkyl halides is 3. The second kappa shape index (κ2) is 7.99. The first kappa shape index (κ1) is 20.1. The molecule has 0 saturated carbocycles. The van der Waals surface area contributed by atoms with Crippen molar-refractivity contribution in [2.75, 3.05) is 5.32 Å². The summed E-state index contributed by atoms with van der Waals surface area (Å²) in [5, 5.41) is 2.04. The molecule has 7 heteroatoms. The lowest BCUT2D eigenvalue weighted by molar-refractivity contribution is -0.137. The van der Waals surface area contributed by atoms with E-state index in [1.165, 1.54) is 6.07 Å². The van der Waals surface area contributed by atoms with Gasteiger partial charge in [0, 0.05) is 5.69 Å². The predicted molar refractivity (Wildman–Crippen MR) is 95.7 cm³/mol. The Kier molecular flexibility index (Phi) is 6.18. The van der Waals surface area contributed by atoms with E-state index >= 15 is 0 Å². The third-order valence-corrected chi connectivity index (χ3v) is 4.13. The number of nitrogens with one attached hydrogen (secondary N) is 1. The van der Waals surface area contributed by atoms with Gasteiger partial charge in [0.05, 0.1) is 10.6 Å². The number of anilines is 1. The average molecular weight is 386 g/mol. The van der Waals surface area contributed by atoms with E-state index in [1.807, 2.05) is 26.0 Å². The van der Waals surface area contributed by atoms with Crippen molar-refractivity contribution in [3.8, 4) is 5.75 Å². The topological polar surface area (TPSA) is 38.3 Å². The Hall–Kier alpha value is -2.21. The number of halogens is 4. The van der Waals surface area contributed by atoms with Crippen molar-refractivity contribution in [2.24, 2.45) is 0 Å². The first-order valence-corrected chi connectivity index (χ1v) is 8.41. The first-order valence-electron chi connectivity index (χ1n) is 8.03. The van der Waals surface area contributed by atoms with E-state index < -0.39 is 28.8 Å². The summed E-state index contributed by atoms with van der Waals surface area (Å²) in [6, 6.07) is 8.79. The van der Waals surface area contributed by atoms with Crippen LogP contribution in [0.25, 0.3) is 0 Å². The van der Waals surface area contributed by atoms with Crippen LogP contribution in [0, 0.1) is 13.8 Å². The zero-order chi connectivity index (χ0) is 19.5. The molecular formula is C19H19ClF3NO2. The number of rotatable bonds is 5. The van der Waals surface area contributed by atoms with Crippen molar-refractivity contribution < 1.29 is 22.7 Å². The highest BCUT2D eigenvalue weighted by Gasteiger charge is 2.33. The minimum Gasteiger partial charge on any atom is -0.480 e. The summed E-state index contributed by atoms with van der Waals surface area (Å²) in [4.78, 5) is 12.4. The minimum atomic E-state index is -4.60. The van der Waals surface area contributed by atoms with Crippen molar-refractivity contribution >= 4 is 23.2 Å². The maximum atomic E-state index is 12.9. The summed E-state index contributed by atoms with van der Waals surface area (Å²) < 4.78 is 44.5. The van der Waals surface area contributed by atoms with Crippen molar-refractivity contribution in [1.82, 2.24) is 0 Å². The molecule has 0 aliphatic carbocycles. The summed E-state index contributed by atoms with van der Waals surface area (Å²) >= 11 is 5.59. The van der Waals surface area contributed by atoms with Crippen LogP contribution < -0.4 is 10.1 Å². The number of carbonyl (C=O) groups excluding carboxylic acids is 1. The van der Waals surface area contributed by atoms with Gasteiger partial charge in [0.2, 0.25) is 0 Å². The molecule has 0 unspecified atom stereocenters. The van der Waals surface area contributed by atoms with Gasteiger partial charge < -0.3 is 10.1 Å². The number of aryl methyl sites for hydroxylation is 2. The summed E-state index contributed by atoms with van der Waals surface area (Å²) in [6.45, 7) is 5.57. The third-order valence-electron chi connectivity index (χ3n) is 3.80. The van der Waals surface area contributed by atoms with Gasteiger partial charge in [-0.3, -0.25) is 4.79 Å². The second-order valence-electron chi connectivity index (χ2n) is 5.97. The molecule has 1 N–H and O–H groups in total. The van der Waals surface area contributed by atoms with Crippen LogP contribution in [-0.2, 0) is 11.0 Å². The van der Waals surface area contributed by atoms with Gasteiger partial charge in [-0.05, 0) is 50.1 Å². The molecule has 0 aliphatic rings. The quantitative estimate of drug-likeness (QED) is 0.709. The zero-order valence-electron chi connectivity index (χ0n) is 14.6. The molecule has 0 aliphatic heterocycles. The van der Waals surface area contributed by atoms with Crippen molar-refractivity contribution in [2.45, 2.75) is 39.5 Å². The highest BCUT2D eigenvalue weighted by atomic mass is 35.5. The van der Waals surface area contributed by atoms with Crippen LogP contribution in [0.5, 0.6) is 5.75 Å². The normalized spacial score (nSPS) is 12.6. The van der Waals surface area contributed by atoms with Gasteiger partial charge in [-0.25, -0.2) is 0 Å². The number of ether oxygens (including phenoxy) is 1. The Labute approximate surface area is 155 Å². The van der Waals surface area contributed by atoms with Gasteiger partial charge in [0.1, 0.15) is 5.75 Å². The molecule has 0 saturated heterocycles. The fourth-order valence-electron chi connectivity index (χ4n) is 2.45. The summed E-state index contributed by atoms with van der Waals surface area (Å²) in [6.07, 6.45) is -5.07. The molecule has 3 nitrogen and oxygen atoms in total. The lowest BCUT2D eigenvalue weighted by Gasteiger charge is -2.19. The van der Waals surface area contributed by atoms with Crippen molar-refractivity contribution in [3.05, 3.63) is 58.1 Å². The average Bonchev–Trinajstić information content (AvgIpc) is 2.54. The van der Waals surface area contributed by atoms with Gasteiger partial charge in [0.25, 0.3) is 5.91 Å². The van der Waals surface area contributed by atoms with Gasteiger partial charge in [-0.1, -0.05) is 36.2 Å². The third kappa shape index (κ3) is 4.91. The monoisotopic (exact) mass is 385 g/mol. The van der Waals surface area contributed by atoms with E-state index in [2.05, 4.69) is 5.32 Å². The Morgan fingerprint density at radius 2 is 1.88 bits per heavy atom. The number of amides is 1. The number of hydrogen-bond acceptors (Lipinski definition) is 2. The molecule has 140 valence electrons. The SMILES string of the molecule is CC[C@H](Oc1ccc(C)cc1C)C(=O)Nc1ccc(Cl)c(C(F)(F)F)c1. The highest BCUT2D eigenvalue weighted by Crippen LogP contribution is 2.36. The van der Waals surface area contributed by atoms with Gasteiger partial charge >= 0.3 is 6.18 Å². The lowest BCUT2D eigenvalue weighted by Crippen LogP contribution is -2.32. The van der Waals surface area contributed by atoms with Crippen molar-refractivity contribution in [3.63, 3.8) is 0 Å². The Bertz CT molecular complexity index is 806. The van der Waals surface area contributed by atoms with E-state index in [4.69, 9.17) is 16.3 Å². The Morgan fingerprint density at radius 3 is 2.46 bits per heavy atom. The summed E-state index contributed by atoms with van der Waals surface area (Å²) in [7, 11) is 0. The zero-order valence-corrected chi connectivity index (χ0v) is 15.3. The van der Waals surface area contributed by atoms with Crippen LogP contribution in [-0.4, -0.2) is 12.0 Å². The fraction of sp³-hybridized carbons (Fsp3) is 0.316. The van der Waals surface area contributed by atoms with E-state index in [0.29, 0.717) is 12.2 Å². The van der Waals surface area contributed by atoms with E-state index in [9.17, 15) is 18.0 Å². The maximum absolute atomic E-state index is 12.9. The molecule has 0 spiro atoms. The van der Waals surface area contributed by atoms with Crippen LogP contribution in [0.3, 0.4) is 0 Å². The lowest BCUT2D eigenvalue weighted by atomic mass is 10.1. The molecule has 1 amide bonds. The smallest absolute Gasteiger partial charge is 0.417 e. The maximum Gasteiger partial charge on any atom is 0.417 e. The van der Waals surface area contributed by atoms with Crippen LogP contribution in [0.2, 0.25) is 5.02 Å². The number of hydrogen-bond donors (Lipinski definition) is 1. The molecule has 2 rings (SSSR count). The molecule has 26 heavy (non-hydrogen) atoms. The molecule has 0 heterocycles.